The molecule has 1 atom stereocenters. The van der Waals surface area contributed by atoms with Crippen LogP contribution in [0, 0.1) is 0 Å². The molecule has 0 rings (SSSR count). The van der Waals surface area contributed by atoms with Crippen LogP contribution in [-0.2, 0) is 19.1 Å². The minimum atomic E-state index is -0.761. The topological polar surface area (TPSA) is 72.8 Å². The lowest BCUT2D eigenvalue weighted by Gasteiger charge is -2.15. The Kier molecular flexibility index (Phi) is 40.4. The van der Waals surface area contributed by atoms with Crippen LogP contribution in [0.5, 0.6) is 0 Å². The minimum Gasteiger partial charge on any atom is -0.462 e. The zero-order chi connectivity index (χ0) is 35.7. The number of aliphatic hydroxyl groups is 1. The molecule has 0 heterocycles. The van der Waals surface area contributed by atoms with E-state index in [2.05, 4.69) is 13.8 Å². The fraction of sp³-hybridized carbons (Fsp3) is 0.955. The molecule has 0 aliphatic rings. The Morgan fingerprint density at radius 3 is 0.898 bits per heavy atom. The predicted octanol–water partition coefficient (Wildman–Crippen LogP) is 13.9. The van der Waals surface area contributed by atoms with Gasteiger partial charge in [-0.3, -0.25) is 9.59 Å². The van der Waals surface area contributed by atoms with Gasteiger partial charge in [-0.2, -0.15) is 0 Å². The van der Waals surface area contributed by atoms with E-state index in [4.69, 9.17) is 9.47 Å². The molecule has 1 unspecified atom stereocenters. The minimum absolute atomic E-state index is 0.0565. The lowest BCUT2D eigenvalue weighted by Crippen LogP contribution is -2.28. The van der Waals surface area contributed by atoms with Gasteiger partial charge in [0, 0.05) is 12.8 Å². The fourth-order valence-electron chi connectivity index (χ4n) is 6.79. The van der Waals surface area contributed by atoms with Crippen molar-refractivity contribution < 1.29 is 24.2 Å². The summed E-state index contributed by atoms with van der Waals surface area (Å²) in [6.45, 7) is 4.18. The highest BCUT2D eigenvalue weighted by atomic mass is 16.6. The van der Waals surface area contributed by atoms with E-state index in [0.29, 0.717) is 12.8 Å². The summed E-state index contributed by atoms with van der Waals surface area (Å²) in [6, 6.07) is 0. The molecule has 0 aromatic rings. The van der Waals surface area contributed by atoms with E-state index >= 15 is 0 Å². The number of hydrogen-bond donors (Lipinski definition) is 1. The Labute approximate surface area is 306 Å². The molecule has 0 bridgehead atoms. The molecule has 0 radical (unpaired) electrons. The molecule has 0 aromatic heterocycles. The van der Waals surface area contributed by atoms with Gasteiger partial charge in [0.2, 0.25) is 0 Å². The molecule has 49 heavy (non-hydrogen) atoms. The third kappa shape index (κ3) is 39.5. The molecule has 0 saturated heterocycles. The van der Waals surface area contributed by atoms with E-state index < -0.39 is 6.10 Å². The van der Waals surface area contributed by atoms with Crippen LogP contribution in [0.15, 0.2) is 0 Å². The first kappa shape index (κ1) is 47.9. The zero-order valence-electron chi connectivity index (χ0n) is 33.2. The maximum atomic E-state index is 12.2. The molecule has 1 N–H and O–H groups in total. The largest absolute Gasteiger partial charge is 0.462 e. The molecule has 0 saturated carbocycles. The summed E-state index contributed by atoms with van der Waals surface area (Å²) < 4.78 is 10.6. The smallest absolute Gasteiger partial charge is 0.306 e. The second kappa shape index (κ2) is 41.3. The number of aliphatic hydroxyl groups excluding tert-OH is 1. The van der Waals surface area contributed by atoms with Crippen molar-refractivity contribution >= 4 is 11.9 Å². The second-order valence-corrected chi connectivity index (χ2v) is 15.1. The zero-order valence-corrected chi connectivity index (χ0v) is 33.2. The number of unbranched alkanes of at least 4 members (excludes halogenated alkanes) is 33. The van der Waals surface area contributed by atoms with Gasteiger partial charge >= 0.3 is 11.9 Å². The van der Waals surface area contributed by atoms with Crippen LogP contribution in [0.2, 0.25) is 0 Å². The highest BCUT2D eigenvalue weighted by Crippen LogP contribution is 2.16. The lowest BCUT2D eigenvalue weighted by molar-refractivity contribution is -0.161. The molecule has 0 spiro atoms. The van der Waals surface area contributed by atoms with Crippen LogP contribution in [0.1, 0.15) is 251 Å². The monoisotopic (exact) mass is 695 g/mol. The Morgan fingerprint density at radius 2 is 0.633 bits per heavy atom. The van der Waals surface area contributed by atoms with Crippen molar-refractivity contribution in [3.05, 3.63) is 0 Å². The Morgan fingerprint density at radius 1 is 0.388 bits per heavy atom. The van der Waals surface area contributed by atoms with Gasteiger partial charge in [0.15, 0.2) is 6.10 Å². The molecule has 0 aliphatic heterocycles. The predicted molar refractivity (Wildman–Crippen MR) is 210 cm³/mol. The van der Waals surface area contributed by atoms with Gasteiger partial charge in [0.05, 0.1) is 6.61 Å². The van der Waals surface area contributed by atoms with Crippen molar-refractivity contribution in [3.63, 3.8) is 0 Å². The van der Waals surface area contributed by atoms with Gasteiger partial charge in [-0.25, -0.2) is 0 Å². The Balaban J connectivity index is 3.45. The van der Waals surface area contributed by atoms with Crippen LogP contribution in [0.25, 0.3) is 0 Å². The summed E-state index contributed by atoms with van der Waals surface area (Å²) >= 11 is 0. The number of carbonyl (C=O) groups excluding carboxylic acids is 2. The van der Waals surface area contributed by atoms with Crippen molar-refractivity contribution in [1.82, 2.24) is 0 Å². The van der Waals surface area contributed by atoms with Gasteiger partial charge < -0.3 is 14.6 Å². The summed E-state index contributed by atoms with van der Waals surface area (Å²) in [7, 11) is 0. The molecule has 292 valence electrons. The number of hydrogen-bond acceptors (Lipinski definition) is 5. The standard InChI is InChI=1S/C44H86O5/c1-3-5-7-9-11-13-15-17-19-20-21-22-23-25-27-29-31-33-35-37-39-44(47)49-42(40-45)41-48-43(46)38-36-34-32-30-28-26-24-18-16-14-12-10-8-6-4-2/h42,45H,3-41H2,1-2H3. The normalized spacial score (nSPS) is 12.0. The van der Waals surface area contributed by atoms with Gasteiger partial charge in [-0.15, -0.1) is 0 Å². The average molecular weight is 695 g/mol. The van der Waals surface area contributed by atoms with E-state index in [0.717, 1.165) is 32.1 Å². The van der Waals surface area contributed by atoms with E-state index in [1.807, 2.05) is 0 Å². The Bertz CT molecular complexity index is 666. The fourth-order valence-corrected chi connectivity index (χ4v) is 6.79. The summed E-state index contributed by atoms with van der Waals surface area (Å²) in [6.07, 6.45) is 46.0. The molecule has 5 nitrogen and oxygen atoms in total. The van der Waals surface area contributed by atoms with Gasteiger partial charge in [-0.05, 0) is 12.8 Å². The number of carbonyl (C=O) groups is 2. The number of rotatable bonds is 41. The van der Waals surface area contributed by atoms with E-state index in [1.54, 1.807) is 0 Å². The van der Waals surface area contributed by atoms with Crippen LogP contribution < -0.4 is 0 Å². The lowest BCUT2D eigenvalue weighted by atomic mass is 10.0. The van der Waals surface area contributed by atoms with E-state index in [-0.39, 0.29) is 25.2 Å². The van der Waals surface area contributed by atoms with Crippen molar-refractivity contribution in [1.29, 1.82) is 0 Å². The van der Waals surface area contributed by atoms with Crippen LogP contribution >= 0.6 is 0 Å². The molecule has 0 aromatic carbocycles. The summed E-state index contributed by atoms with van der Waals surface area (Å²) in [5.74, 6) is -0.571. The van der Waals surface area contributed by atoms with E-state index in [1.165, 1.54) is 193 Å². The number of ether oxygens (including phenoxy) is 2. The SMILES string of the molecule is CCCCCCCCCCCCCCCCCCCCCCC(=O)OC(CO)COC(=O)CCCCCCCCCCCCCCCCC. The highest BCUT2D eigenvalue weighted by molar-refractivity contribution is 5.70. The summed E-state index contributed by atoms with van der Waals surface area (Å²) in [5, 5.41) is 9.58. The molecule has 0 fully saturated rings. The van der Waals surface area contributed by atoms with Crippen molar-refractivity contribution in [2.45, 2.75) is 258 Å². The van der Waals surface area contributed by atoms with Crippen molar-refractivity contribution in [2.24, 2.45) is 0 Å². The molecule has 0 aliphatic carbocycles. The second-order valence-electron chi connectivity index (χ2n) is 15.1. The summed E-state index contributed by atoms with van der Waals surface area (Å²) in [5.41, 5.74) is 0. The van der Waals surface area contributed by atoms with Crippen molar-refractivity contribution in [2.75, 3.05) is 13.2 Å². The molecule has 5 heteroatoms. The highest BCUT2D eigenvalue weighted by Gasteiger charge is 2.16. The average Bonchev–Trinajstić information content (AvgIpc) is 3.10. The number of esters is 2. The van der Waals surface area contributed by atoms with Gasteiger partial charge in [0.1, 0.15) is 6.61 Å². The molecular formula is C44H86O5. The van der Waals surface area contributed by atoms with Crippen LogP contribution in [0.4, 0.5) is 0 Å². The quantitative estimate of drug-likeness (QED) is 0.0509. The van der Waals surface area contributed by atoms with Gasteiger partial charge in [-0.1, -0.05) is 226 Å². The third-order valence-corrected chi connectivity index (χ3v) is 10.2. The molecular weight excluding hydrogens is 608 g/mol. The maximum Gasteiger partial charge on any atom is 0.306 e. The Hall–Kier alpha value is -1.10. The molecule has 0 amide bonds. The van der Waals surface area contributed by atoms with Crippen LogP contribution in [0.3, 0.4) is 0 Å². The third-order valence-electron chi connectivity index (χ3n) is 10.2. The van der Waals surface area contributed by atoms with Gasteiger partial charge in [0.25, 0.3) is 0 Å². The first-order chi connectivity index (χ1) is 24.1. The summed E-state index contributed by atoms with van der Waals surface area (Å²) in [4.78, 5) is 24.3. The van der Waals surface area contributed by atoms with Crippen LogP contribution in [-0.4, -0.2) is 36.4 Å². The maximum absolute atomic E-state index is 12.2. The van der Waals surface area contributed by atoms with E-state index in [9.17, 15) is 14.7 Å². The first-order valence-corrected chi connectivity index (χ1v) is 22.1. The first-order valence-electron chi connectivity index (χ1n) is 22.1. The van der Waals surface area contributed by atoms with Crippen molar-refractivity contribution in [3.8, 4) is 0 Å².